The highest BCUT2D eigenvalue weighted by atomic mass is 32.1. The maximum absolute atomic E-state index is 13.3. The lowest BCUT2D eigenvalue weighted by molar-refractivity contribution is 0.0977. The van der Waals surface area contributed by atoms with E-state index in [4.69, 9.17) is 4.98 Å². The van der Waals surface area contributed by atoms with Gasteiger partial charge in [0.2, 0.25) is 0 Å². The van der Waals surface area contributed by atoms with Crippen molar-refractivity contribution in [2.45, 2.75) is 13.5 Å². The van der Waals surface area contributed by atoms with Crippen LogP contribution in [0.15, 0.2) is 66.9 Å². The topological polar surface area (TPSA) is 38.1 Å². The molecule has 5 heteroatoms. The first-order chi connectivity index (χ1) is 12.6. The number of thiazole rings is 1. The van der Waals surface area contributed by atoms with E-state index >= 15 is 0 Å². The number of anilines is 1. The highest BCUT2D eigenvalue weighted by Gasteiger charge is 2.23. The molecule has 26 heavy (non-hydrogen) atoms. The van der Waals surface area contributed by atoms with Crippen LogP contribution >= 0.6 is 11.3 Å². The molecule has 2 heterocycles. The summed E-state index contributed by atoms with van der Waals surface area (Å²) in [5.74, 6) is -0.0435. The molecule has 0 atom stereocenters. The van der Waals surface area contributed by atoms with E-state index in [9.17, 15) is 4.79 Å². The van der Waals surface area contributed by atoms with Gasteiger partial charge in [0.1, 0.15) is 5.69 Å². The van der Waals surface area contributed by atoms with Crippen molar-refractivity contribution in [1.29, 1.82) is 0 Å². The van der Waals surface area contributed by atoms with Crippen molar-refractivity contribution in [2.75, 3.05) is 4.90 Å². The van der Waals surface area contributed by atoms with Crippen LogP contribution in [0.4, 0.5) is 5.13 Å². The second kappa shape index (κ2) is 6.77. The Balaban J connectivity index is 1.80. The van der Waals surface area contributed by atoms with Gasteiger partial charge in [-0.2, -0.15) is 0 Å². The average molecular weight is 361 g/mol. The molecule has 0 aliphatic heterocycles. The van der Waals surface area contributed by atoms with Gasteiger partial charge in [-0.3, -0.25) is 9.69 Å². The zero-order valence-electron chi connectivity index (χ0n) is 14.7. The Morgan fingerprint density at radius 3 is 2.58 bits per heavy atom. The molecule has 1 amide bonds. The standard InChI is InChI=1S/C21H19N3OS/c1-15-8-6-12-18-19(15)22-21(26-18)24(14-16-9-4-3-5-10-16)20(25)17-11-7-13-23(17)2/h3-13H,14H2,1-2H3. The van der Waals surface area contributed by atoms with Gasteiger partial charge in [-0.15, -0.1) is 0 Å². The number of hydrogen-bond acceptors (Lipinski definition) is 3. The summed E-state index contributed by atoms with van der Waals surface area (Å²) in [4.78, 5) is 19.8. The van der Waals surface area contributed by atoms with Gasteiger partial charge in [-0.1, -0.05) is 53.8 Å². The first-order valence-electron chi connectivity index (χ1n) is 8.47. The quantitative estimate of drug-likeness (QED) is 0.524. The molecule has 0 spiro atoms. The van der Waals surface area contributed by atoms with Crippen LogP contribution in [0.5, 0.6) is 0 Å². The Morgan fingerprint density at radius 1 is 1.08 bits per heavy atom. The fourth-order valence-electron chi connectivity index (χ4n) is 3.00. The molecule has 130 valence electrons. The van der Waals surface area contributed by atoms with E-state index in [1.807, 2.05) is 79.3 Å². The van der Waals surface area contributed by atoms with Crippen LogP contribution in [-0.4, -0.2) is 15.5 Å². The van der Waals surface area contributed by atoms with E-state index in [1.54, 1.807) is 16.2 Å². The number of fused-ring (bicyclic) bond motifs is 1. The largest absolute Gasteiger partial charge is 0.347 e. The van der Waals surface area contributed by atoms with Crippen molar-refractivity contribution in [1.82, 2.24) is 9.55 Å². The molecule has 0 unspecified atom stereocenters. The molecule has 0 radical (unpaired) electrons. The Hall–Kier alpha value is -2.92. The predicted octanol–water partition coefficient (Wildman–Crippen LogP) is 4.79. The van der Waals surface area contributed by atoms with Crippen LogP contribution in [0.1, 0.15) is 21.6 Å². The van der Waals surface area contributed by atoms with Crippen LogP contribution in [0, 0.1) is 6.92 Å². The number of hydrogen-bond donors (Lipinski definition) is 0. The number of nitrogens with zero attached hydrogens (tertiary/aromatic N) is 3. The fourth-order valence-corrected chi connectivity index (χ4v) is 4.05. The third kappa shape index (κ3) is 3.02. The number of aryl methyl sites for hydroxylation is 2. The number of carbonyl (C=O) groups excluding carboxylic acids is 1. The summed E-state index contributed by atoms with van der Waals surface area (Å²) in [6, 6.07) is 19.9. The van der Waals surface area contributed by atoms with E-state index in [-0.39, 0.29) is 5.91 Å². The van der Waals surface area contributed by atoms with E-state index < -0.39 is 0 Å². The molecule has 0 N–H and O–H groups in total. The van der Waals surface area contributed by atoms with Crippen LogP contribution in [-0.2, 0) is 13.6 Å². The van der Waals surface area contributed by atoms with E-state index in [0.29, 0.717) is 12.2 Å². The minimum Gasteiger partial charge on any atom is -0.347 e. The summed E-state index contributed by atoms with van der Waals surface area (Å²) in [5.41, 5.74) is 3.81. The summed E-state index contributed by atoms with van der Waals surface area (Å²) in [6.07, 6.45) is 1.89. The lowest BCUT2D eigenvalue weighted by Crippen LogP contribution is -2.31. The average Bonchev–Trinajstić information content (AvgIpc) is 3.27. The summed E-state index contributed by atoms with van der Waals surface area (Å²) >= 11 is 1.55. The molecule has 0 saturated heterocycles. The zero-order chi connectivity index (χ0) is 18.1. The lowest BCUT2D eigenvalue weighted by Gasteiger charge is -2.20. The Labute approximate surface area is 156 Å². The highest BCUT2D eigenvalue weighted by Crippen LogP contribution is 2.32. The predicted molar refractivity (Wildman–Crippen MR) is 107 cm³/mol. The third-order valence-electron chi connectivity index (χ3n) is 4.43. The molecule has 0 aliphatic carbocycles. The van der Waals surface area contributed by atoms with E-state index in [0.717, 1.165) is 26.5 Å². The molecular formula is C21H19N3OS. The maximum atomic E-state index is 13.3. The lowest BCUT2D eigenvalue weighted by atomic mass is 10.2. The van der Waals surface area contributed by atoms with Gasteiger partial charge in [0, 0.05) is 13.2 Å². The van der Waals surface area contributed by atoms with Crippen LogP contribution in [0.3, 0.4) is 0 Å². The molecule has 4 rings (SSSR count). The van der Waals surface area contributed by atoms with Crippen molar-refractivity contribution < 1.29 is 4.79 Å². The number of carbonyl (C=O) groups is 1. The molecule has 0 aliphatic rings. The molecular weight excluding hydrogens is 342 g/mol. The van der Waals surface area contributed by atoms with E-state index in [1.165, 1.54) is 0 Å². The number of benzene rings is 2. The van der Waals surface area contributed by atoms with Crippen LogP contribution in [0.2, 0.25) is 0 Å². The second-order valence-corrected chi connectivity index (χ2v) is 7.31. The van der Waals surface area contributed by atoms with E-state index in [2.05, 4.69) is 6.07 Å². The maximum Gasteiger partial charge on any atom is 0.276 e. The van der Waals surface area contributed by atoms with Crippen molar-refractivity contribution >= 4 is 32.6 Å². The fraction of sp³-hybridized carbons (Fsp3) is 0.143. The first kappa shape index (κ1) is 16.5. The zero-order valence-corrected chi connectivity index (χ0v) is 15.5. The second-order valence-electron chi connectivity index (χ2n) is 6.30. The highest BCUT2D eigenvalue weighted by molar-refractivity contribution is 7.22. The van der Waals surface area contributed by atoms with Gasteiger partial charge >= 0.3 is 0 Å². The van der Waals surface area contributed by atoms with Crippen LogP contribution < -0.4 is 4.90 Å². The Bertz CT molecular complexity index is 1070. The normalized spacial score (nSPS) is 11.0. The summed E-state index contributed by atoms with van der Waals surface area (Å²) in [5, 5.41) is 0.726. The van der Waals surface area contributed by atoms with Crippen molar-refractivity contribution in [3.8, 4) is 0 Å². The molecule has 4 nitrogen and oxygen atoms in total. The number of para-hydroxylation sites is 1. The molecule has 0 saturated carbocycles. The smallest absolute Gasteiger partial charge is 0.276 e. The van der Waals surface area contributed by atoms with Crippen molar-refractivity contribution in [2.24, 2.45) is 7.05 Å². The number of aromatic nitrogens is 2. The van der Waals surface area contributed by atoms with Crippen molar-refractivity contribution in [3.63, 3.8) is 0 Å². The van der Waals surface area contributed by atoms with Gasteiger partial charge in [-0.25, -0.2) is 4.98 Å². The van der Waals surface area contributed by atoms with Crippen molar-refractivity contribution in [3.05, 3.63) is 83.7 Å². The van der Waals surface area contributed by atoms with Gasteiger partial charge in [0.25, 0.3) is 5.91 Å². The molecule has 0 fully saturated rings. The number of rotatable bonds is 4. The first-order valence-corrected chi connectivity index (χ1v) is 9.28. The minimum atomic E-state index is -0.0435. The molecule has 0 bridgehead atoms. The number of amides is 1. The SMILES string of the molecule is Cc1cccc2sc(N(Cc3ccccc3)C(=O)c3cccn3C)nc12. The third-order valence-corrected chi connectivity index (χ3v) is 5.48. The van der Waals surface area contributed by atoms with Gasteiger partial charge in [0.15, 0.2) is 5.13 Å². The van der Waals surface area contributed by atoms with Crippen LogP contribution in [0.25, 0.3) is 10.2 Å². The molecule has 2 aromatic heterocycles. The van der Waals surface area contributed by atoms with Gasteiger partial charge < -0.3 is 4.57 Å². The summed E-state index contributed by atoms with van der Waals surface area (Å²) < 4.78 is 2.94. The molecule has 2 aromatic carbocycles. The molecule has 4 aromatic rings. The Kier molecular flexibility index (Phi) is 4.31. The summed E-state index contributed by atoms with van der Waals surface area (Å²) in [7, 11) is 1.89. The Morgan fingerprint density at radius 2 is 1.88 bits per heavy atom. The monoisotopic (exact) mass is 361 g/mol. The van der Waals surface area contributed by atoms with Gasteiger partial charge in [0.05, 0.1) is 16.8 Å². The summed E-state index contributed by atoms with van der Waals surface area (Å²) in [6.45, 7) is 2.54. The minimum absolute atomic E-state index is 0.0435. The van der Waals surface area contributed by atoms with Gasteiger partial charge in [-0.05, 0) is 36.2 Å².